The minimum atomic E-state index is -1.79. The van der Waals surface area contributed by atoms with Gasteiger partial charge < -0.3 is 52.1 Å². The number of hydrogen-bond donors (Lipinski definition) is 0. The molecule has 1 aliphatic carbocycles. The van der Waals surface area contributed by atoms with Crippen LogP contribution in [0.25, 0.3) is 0 Å². The van der Waals surface area contributed by atoms with Crippen LogP contribution in [-0.2, 0) is 61.7 Å². The average molecular weight is 909 g/mol. The molecule has 0 N–H and O–H groups in total. The van der Waals surface area contributed by atoms with Crippen LogP contribution >= 0.6 is 0 Å². The molecule has 5 aliphatic rings. The van der Waals surface area contributed by atoms with E-state index in [2.05, 4.69) is 0 Å². The average Bonchev–Trinajstić information content (AvgIpc) is 3.33. The van der Waals surface area contributed by atoms with E-state index in [4.69, 9.17) is 52.1 Å². The van der Waals surface area contributed by atoms with Crippen LogP contribution in [0.3, 0.4) is 0 Å². The molecular formula is C49H48O17. The second-order valence-electron chi connectivity index (χ2n) is 16.0. The van der Waals surface area contributed by atoms with Crippen molar-refractivity contribution in [1.82, 2.24) is 0 Å². The molecule has 0 amide bonds. The fourth-order valence-electron chi connectivity index (χ4n) is 8.40. The van der Waals surface area contributed by atoms with Crippen LogP contribution < -0.4 is 0 Å². The van der Waals surface area contributed by atoms with Crippen molar-refractivity contribution in [3.05, 3.63) is 144 Å². The van der Waals surface area contributed by atoms with Gasteiger partial charge in [0.15, 0.2) is 36.8 Å². The van der Waals surface area contributed by atoms with Crippen LogP contribution in [0.5, 0.6) is 0 Å². The first-order valence-electron chi connectivity index (χ1n) is 21.6. The Morgan fingerprint density at radius 2 is 0.879 bits per heavy atom. The molecule has 4 saturated heterocycles. The zero-order chi connectivity index (χ0) is 46.4. The summed E-state index contributed by atoms with van der Waals surface area (Å²) in [4.78, 5) is 81.1. The Hall–Kier alpha value is -6.50. The van der Waals surface area contributed by atoms with Gasteiger partial charge in [0.1, 0.15) is 37.1 Å². The lowest BCUT2D eigenvalue weighted by molar-refractivity contribution is -0.544. The topological polar surface area (TPSA) is 204 Å². The third kappa shape index (κ3) is 10.1. The summed E-state index contributed by atoms with van der Waals surface area (Å²) in [7, 11) is 0. The Balaban J connectivity index is 1.23. The number of carbonyl (C=O) groups excluding carboxylic acids is 6. The van der Waals surface area contributed by atoms with Gasteiger partial charge >= 0.3 is 35.8 Å². The maximum atomic E-state index is 14.2. The van der Waals surface area contributed by atoms with Crippen LogP contribution in [0, 0.1) is 0 Å². The first kappa shape index (κ1) is 46.0. The SMILES string of the molecule is CCCCC12OC3[C@H](OC(C)=O)[C@H](O1)C(O[C@H]1O[C@H](COC(=O)c4ccccc4)[C@@H](OC(=O)c4ccccc4)[C@H](OC(=O)c4ccccc4)[C@@H]1OC(=O)c1ccccc1)[C@@H](O2)[C@H]3OC(C)=O. The lowest BCUT2D eigenvalue weighted by atomic mass is 9.80. The molecular weight excluding hydrogens is 861 g/mol. The molecule has 17 nitrogen and oxygen atoms in total. The molecule has 0 unspecified atom stereocenters. The summed E-state index contributed by atoms with van der Waals surface area (Å²) in [6.45, 7) is 3.73. The molecule has 4 aromatic rings. The molecule has 66 heavy (non-hydrogen) atoms. The quantitative estimate of drug-likeness (QED) is 0.100. The van der Waals surface area contributed by atoms with E-state index < -0.39 is 116 Å². The van der Waals surface area contributed by atoms with E-state index in [9.17, 15) is 28.8 Å². The molecule has 9 rings (SSSR count). The van der Waals surface area contributed by atoms with Gasteiger partial charge in [0.05, 0.1) is 22.3 Å². The van der Waals surface area contributed by atoms with Crippen molar-refractivity contribution < 1.29 is 80.9 Å². The van der Waals surface area contributed by atoms with Crippen LogP contribution in [-0.4, -0.2) is 116 Å². The summed E-state index contributed by atoms with van der Waals surface area (Å²) < 4.78 is 68.6. The van der Waals surface area contributed by atoms with Gasteiger partial charge in [0.2, 0.25) is 0 Å². The Morgan fingerprint density at radius 1 is 0.485 bits per heavy atom. The van der Waals surface area contributed by atoms with E-state index in [0.717, 1.165) is 6.42 Å². The number of unbranched alkanes of at least 4 members (excludes halogenated alkanes) is 1. The van der Waals surface area contributed by atoms with E-state index in [-0.39, 0.29) is 28.7 Å². The highest BCUT2D eigenvalue weighted by Gasteiger charge is 2.71. The summed E-state index contributed by atoms with van der Waals surface area (Å²) in [5.74, 6) is -6.54. The summed E-state index contributed by atoms with van der Waals surface area (Å²) in [5, 5.41) is 0. The summed E-state index contributed by atoms with van der Waals surface area (Å²) >= 11 is 0. The molecule has 9 atom stereocenters. The molecule has 0 spiro atoms. The van der Waals surface area contributed by atoms with Gasteiger partial charge in [-0.3, -0.25) is 9.59 Å². The fourth-order valence-corrected chi connectivity index (χ4v) is 8.40. The minimum Gasteiger partial charge on any atom is -0.459 e. The third-order valence-electron chi connectivity index (χ3n) is 11.4. The predicted octanol–water partition coefficient (Wildman–Crippen LogP) is 5.53. The normalized spacial score (nSPS) is 29.5. The standard InChI is InChI=1S/C49H48O17/c1-4-5-26-49-64-40-37(57-28(2)50)41(65-49)39(42(66-49)38(40)58-29(3)51)63-48-43(62-47(55)33-24-16-9-17-25-33)36(61-46(54)32-22-14-8-15-23-32)35(60-45(53)31-20-12-7-13-21-31)34(59-48)27-56-44(52)30-18-10-6-11-19-30/h6-25,34-43,48H,4-5,26-27H2,1-3H3/t34-,35-,36+,37+,38+,39?,40?,41+,42+,43+,48-,49?/m1/s1. The first-order chi connectivity index (χ1) is 31.9. The van der Waals surface area contributed by atoms with Crippen LogP contribution in [0.1, 0.15) is 81.5 Å². The number of benzene rings is 4. The van der Waals surface area contributed by atoms with Crippen molar-refractivity contribution in [2.45, 2.75) is 113 Å². The highest BCUT2D eigenvalue weighted by atomic mass is 16.9. The van der Waals surface area contributed by atoms with Crippen molar-refractivity contribution >= 4 is 35.8 Å². The monoisotopic (exact) mass is 908 g/mol. The van der Waals surface area contributed by atoms with Gasteiger partial charge in [0, 0.05) is 20.3 Å². The van der Waals surface area contributed by atoms with Crippen molar-refractivity contribution in [2.24, 2.45) is 0 Å². The number of carbonyl (C=O) groups is 6. The zero-order valence-electron chi connectivity index (χ0n) is 36.2. The third-order valence-corrected chi connectivity index (χ3v) is 11.4. The highest BCUT2D eigenvalue weighted by Crippen LogP contribution is 2.51. The maximum Gasteiger partial charge on any atom is 0.338 e. The maximum absolute atomic E-state index is 14.2. The molecule has 0 radical (unpaired) electrons. The lowest BCUT2D eigenvalue weighted by Gasteiger charge is -2.62. The van der Waals surface area contributed by atoms with Gasteiger partial charge in [-0.25, -0.2) is 19.2 Å². The Bertz CT molecular complexity index is 2310. The van der Waals surface area contributed by atoms with Gasteiger partial charge in [-0.2, -0.15) is 0 Å². The van der Waals surface area contributed by atoms with Crippen molar-refractivity contribution in [3.8, 4) is 0 Å². The first-order valence-corrected chi connectivity index (χ1v) is 21.6. The van der Waals surface area contributed by atoms with E-state index in [1.165, 1.54) is 62.4 Å². The van der Waals surface area contributed by atoms with E-state index >= 15 is 0 Å². The highest BCUT2D eigenvalue weighted by molar-refractivity contribution is 5.91. The number of rotatable bonds is 16. The molecule has 4 heterocycles. The number of hydrogen-bond acceptors (Lipinski definition) is 17. The van der Waals surface area contributed by atoms with E-state index in [1.54, 1.807) is 72.8 Å². The molecule has 346 valence electrons. The molecule has 4 aliphatic heterocycles. The largest absolute Gasteiger partial charge is 0.459 e. The molecule has 0 aromatic heterocycles. The Kier molecular flexibility index (Phi) is 14.2. The van der Waals surface area contributed by atoms with Crippen LogP contribution in [0.2, 0.25) is 0 Å². The van der Waals surface area contributed by atoms with Gasteiger partial charge in [-0.15, -0.1) is 0 Å². The smallest absolute Gasteiger partial charge is 0.338 e. The summed E-state index contributed by atoms with van der Waals surface area (Å²) in [6.07, 6.45) is -14.1. The van der Waals surface area contributed by atoms with Crippen molar-refractivity contribution in [1.29, 1.82) is 0 Å². The van der Waals surface area contributed by atoms with Crippen molar-refractivity contribution in [3.63, 3.8) is 0 Å². The fraction of sp³-hybridized carbons (Fsp3) is 0.388. The summed E-state index contributed by atoms with van der Waals surface area (Å²) in [5.41, 5.74) is 0.471. The molecule has 5 fully saturated rings. The lowest BCUT2D eigenvalue weighted by Crippen LogP contribution is -2.80. The summed E-state index contributed by atoms with van der Waals surface area (Å²) in [6, 6.07) is 31.8. The second-order valence-corrected chi connectivity index (χ2v) is 16.0. The van der Waals surface area contributed by atoms with E-state index in [1.807, 2.05) is 6.92 Å². The van der Waals surface area contributed by atoms with Gasteiger partial charge in [0.25, 0.3) is 5.97 Å². The Morgan fingerprint density at radius 3 is 1.30 bits per heavy atom. The molecule has 1 saturated carbocycles. The Labute approximate surface area is 379 Å². The van der Waals surface area contributed by atoms with Gasteiger partial charge in [-0.1, -0.05) is 86.1 Å². The number of esters is 6. The van der Waals surface area contributed by atoms with E-state index in [0.29, 0.717) is 6.42 Å². The van der Waals surface area contributed by atoms with Crippen LogP contribution in [0.4, 0.5) is 0 Å². The molecule has 4 bridgehead atoms. The molecule has 4 aromatic carbocycles. The molecule has 17 heteroatoms. The number of ether oxygens (including phenoxy) is 11. The zero-order valence-corrected chi connectivity index (χ0v) is 36.2. The second kappa shape index (κ2) is 20.3. The predicted molar refractivity (Wildman–Crippen MR) is 225 cm³/mol. The van der Waals surface area contributed by atoms with Crippen molar-refractivity contribution in [2.75, 3.05) is 6.61 Å². The van der Waals surface area contributed by atoms with Crippen LogP contribution in [0.15, 0.2) is 121 Å². The minimum absolute atomic E-state index is 0.0854. The van der Waals surface area contributed by atoms with Gasteiger partial charge in [-0.05, 0) is 55.0 Å².